The fourth-order valence-corrected chi connectivity index (χ4v) is 3.37. The molecule has 2 aliphatic rings. The van der Waals surface area contributed by atoms with Gasteiger partial charge in [0.25, 0.3) is 0 Å². The molecular weight excluding hydrogens is 333 g/mol. The molecule has 0 spiro atoms. The fraction of sp³-hybridized carbons (Fsp3) is 0.421. The van der Waals surface area contributed by atoms with E-state index in [1.54, 1.807) is 17.0 Å². The van der Waals surface area contributed by atoms with E-state index < -0.39 is 0 Å². The molecule has 1 aromatic heterocycles. The van der Waals surface area contributed by atoms with Crippen LogP contribution in [0, 0.1) is 5.82 Å². The summed E-state index contributed by atoms with van der Waals surface area (Å²) in [4.78, 5) is 24.2. The summed E-state index contributed by atoms with van der Waals surface area (Å²) in [6, 6.07) is 8.72. The molecule has 2 aromatic rings. The molecule has 1 aliphatic carbocycles. The van der Waals surface area contributed by atoms with Crippen LogP contribution in [0.25, 0.3) is 0 Å². The Hall–Kier alpha value is -2.70. The normalized spacial score (nSPS) is 18.8. The highest BCUT2D eigenvalue weighted by Gasteiger charge is 2.44. The largest absolute Gasteiger partial charge is 0.369 e. The number of nitrogens with zero attached hydrogens (tertiary/aromatic N) is 4. The second kappa shape index (κ2) is 6.55. The lowest BCUT2D eigenvalue weighted by atomic mass is 9.96. The van der Waals surface area contributed by atoms with Gasteiger partial charge in [0.2, 0.25) is 5.91 Å². The number of amides is 1. The minimum absolute atomic E-state index is 0.0168. The van der Waals surface area contributed by atoms with Crippen molar-refractivity contribution < 1.29 is 9.18 Å². The number of hydrogen-bond donors (Lipinski definition) is 1. The zero-order chi connectivity index (χ0) is 18.1. The third-order valence-electron chi connectivity index (χ3n) is 5.33. The molecule has 4 rings (SSSR count). The minimum atomic E-state index is -0.196. The van der Waals surface area contributed by atoms with Gasteiger partial charge in [-0.25, -0.2) is 14.4 Å². The quantitative estimate of drug-likeness (QED) is 0.889. The van der Waals surface area contributed by atoms with E-state index in [2.05, 4.69) is 15.3 Å². The van der Waals surface area contributed by atoms with E-state index in [1.165, 1.54) is 12.4 Å². The maximum atomic E-state index is 13.5. The van der Waals surface area contributed by atoms with E-state index in [0.717, 1.165) is 36.6 Å². The van der Waals surface area contributed by atoms with Gasteiger partial charge in [-0.3, -0.25) is 4.79 Å². The van der Waals surface area contributed by atoms with Crippen molar-refractivity contribution in [2.45, 2.75) is 18.3 Å². The van der Waals surface area contributed by atoms with Gasteiger partial charge in [0.1, 0.15) is 23.8 Å². The van der Waals surface area contributed by atoms with Crippen LogP contribution in [-0.4, -0.2) is 54.0 Å². The van der Waals surface area contributed by atoms with Gasteiger partial charge in [-0.1, -0.05) is 12.1 Å². The number of aromatic nitrogens is 2. The molecule has 0 atom stereocenters. The van der Waals surface area contributed by atoms with E-state index in [0.29, 0.717) is 19.6 Å². The molecule has 1 amide bonds. The molecule has 26 heavy (non-hydrogen) atoms. The smallest absolute Gasteiger partial charge is 0.241 e. The van der Waals surface area contributed by atoms with Crippen molar-refractivity contribution in [1.82, 2.24) is 14.9 Å². The summed E-state index contributed by atoms with van der Waals surface area (Å²) in [7, 11) is 1.81. The summed E-state index contributed by atoms with van der Waals surface area (Å²) >= 11 is 0. The monoisotopic (exact) mass is 355 g/mol. The minimum Gasteiger partial charge on any atom is -0.369 e. The maximum absolute atomic E-state index is 13.5. The molecule has 7 heteroatoms. The number of carbonyl (C=O) groups is 1. The second-order valence-corrected chi connectivity index (χ2v) is 7.14. The zero-order valence-corrected chi connectivity index (χ0v) is 14.8. The standard InChI is InChI=1S/C19H22FN5O/c1-24-7-8-25(11-18(24)26)17-10-16(22-13-23-17)21-12-19(5-6-19)14-3-2-4-15(20)9-14/h2-4,9-10,13H,5-8,11-12H2,1H3,(H,21,22,23). The molecule has 136 valence electrons. The molecule has 1 aliphatic heterocycles. The van der Waals surface area contributed by atoms with E-state index in [9.17, 15) is 9.18 Å². The molecular formula is C19H22FN5O. The molecule has 1 saturated carbocycles. The Bertz CT molecular complexity index is 823. The van der Waals surface area contributed by atoms with Crippen LogP contribution in [-0.2, 0) is 10.2 Å². The van der Waals surface area contributed by atoms with Crippen molar-refractivity contribution in [3.8, 4) is 0 Å². The number of carbonyl (C=O) groups excluding carboxylic acids is 1. The predicted octanol–water partition coefficient (Wildman–Crippen LogP) is 2.04. The van der Waals surface area contributed by atoms with Crippen LogP contribution in [0.15, 0.2) is 36.7 Å². The Kier molecular flexibility index (Phi) is 4.22. The zero-order valence-electron chi connectivity index (χ0n) is 14.8. The van der Waals surface area contributed by atoms with Crippen molar-refractivity contribution in [1.29, 1.82) is 0 Å². The highest BCUT2D eigenvalue weighted by atomic mass is 19.1. The summed E-state index contributed by atoms with van der Waals surface area (Å²) in [5, 5.41) is 3.37. The molecule has 0 radical (unpaired) electrons. The third kappa shape index (κ3) is 3.34. The van der Waals surface area contributed by atoms with Gasteiger partial charge in [-0.2, -0.15) is 0 Å². The van der Waals surface area contributed by atoms with Crippen LogP contribution < -0.4 is 10.2 Å². The van der Waals surface area contributed by atoms with Crippen LogP contribution in [0.3, 0.4) is 0 Å². The highest BCUT2D eigenvalue weighted by molar-refractivity contribution is 5.82. The number of rotatable bonds is 5. The van der Waals surface area contributed by atoms with Gasteiger partial charge >= 0.3 is 0 Å². The summed E-state index contributed by atoms with van der Waals surface area (Å²) in [6.07, 6.45) is 3.59. The number of benzene rings is 1. The first kappa shape index (κ1) is 16.8. The van der Waals surface area contributed by atoms with E-state index in [-0.39, 0.29) is 17.1 Å². The van der Waals surface area contributed by atoms with E-state index in [4.69, 9.17) is 0 Å². The van der Waals surface area contributed by atoms with Gasteiger partial charge in [0.05, 0.1) is 6.54 Å². The van der Waals surface area contributed by atoms with E-state index >= 15 is 0 Å². The van der Waals surface area contributed by atoms with Crippen LogP contribution in [0.2, 0.25) is 0 Å². The van der Waals surface area contributed by atoms with Crippen molar-refractivity contribution in [3.63, 3.8) is 0 Å². The summed E-state index contributed by atoms with van der Waals surface area (Å²) in [5.41, 5.74) is 1.01. The second-order valence-electron chi connectivity index (χ2n) is 7.14. The first-order valence-electron chi connectivity index (χ1n) is 8.87. The average Bonchev–Trinajstić information content (AvgIpc) is 3.44. The van der Waals surface area contributed by atoms with Crippen molar-refractivity contribution in [3.05, 3.63) is 48.0 Å². The van der Waals surface area contributed by atoms with Gasteiger partial charge in [0, 0.05) is 38.2 Å². The number of hydrogen-bond acceptors (Lipinski definition) is 5. The van der Waals surface area contributed by atoms with Crippen LogP contribution in [0.5, 0.6) is 0 Å². The Balaban J connectivity index is 1.44. The highest BCUT2D eigenvalue weighted by Crippen LogP contribution is 2.48. The Labute approximate surface area is 152 Å². The molecule has 0 unspecified atom stereocenters. The molecule has 1 N–H and O–H groups in total. The molecule has 1 saturated heterocycles. The molecule has 1 aromatic carbocycles. The summed E-state index contributed by atoms with van der Waals surface area (Å²) < 4.78 is 13.5. The summed E-state index contributed by atoms with van der Waals surface area (Å²) in [5.74, 6) is 1.37. The van der Waals surface area contributed by atoms with Gasteiger partial charge in [-0.15, -0.1) is 0 Å². The maximum Gasteiger partial charge on any atom is 0.241 e. The average molecular weight is 355 g/mol. The Morgan fingerprint density at radius 2 is 2.08 bits per heavy atom. The number of piperazine rings is 1. The van der Waals surface area contributed by atoms with Gasteiger partial charge < -0.3 is 15.1 Å². The SMILES string of the molecule is CN1CCN(c2cc(NCC3(c4cccc(F)c4)CC3)ncn2)CC1=O. The topological polar surface area (TPSA) is 61.4 Å². The number of nitrogens with one attached hydrogen (secondary N) is 1. The van der Waals surface area contributed by atoms with Crippen LogP contribution >= 0.6 is 0 Å². The van der Waals surface area contributed by atoms with Crippen molar-refractivity contribution >= 4 is 17.5 Å². The van der Waals surface area contributed by atoms with Crippen LogP contribution in [0.1, 0.15) is 18.4 Å². The molecule has 2 fully saturated rings. The molecule has 6 nitrogen and oxygen atoms in total. The predicted molar refractivity (Wildman–Crippen MR) is 97.7 cm³/mol. The van der Waals surface area contributed by atoms with Crippen molar-refractivity contribution in [2.75, 3.05) is 43.4 Å². The van der Waals surface area contributed by atoms with Crippen LogP contribution in [0.4, 0.5) is 16.0 Å². The first-order valence-corrected chi connectivity index (χ1v) is 8.87. The lowest BCUT2D eigenvalue weighted by Gasteiger charge is -2.32. The Morgan fingerprint density at radius 1 is 1.23 bits per heavy atom. The lowest BCUT2D eigenvalue weighted by Crippen LogP contribution is -2.48. The number of anilines is 2. The lowest BCUT2D eigenvalue weighted by molar-refractivity contribution is -0.129. The van der Waals surface area contributed by atoms with Gasteiger partial charge in [0.15, 0.2) is 0 Å². The Morgan fingerprint density at radius 3 is 2.81 bits per heavy atom. The number of halogens is 1. The van der Waals surface area contributed by atoms with Gasteiger partial charge in [-0.05, 0) is 30.5 Å². The molecule has 0 bridgehead atoms. The third-order valence-corrected chi connectivity index (χ3v) is 5.33. The fourth-order valence-electron chi connectivity index (χ4n) is 3.37. The molecule has 2 heterocycles. The van der Waals surface area contributed by atoms with E-state index in [1.807, 2.05) is 24.1 Å². The first-order chi connectivity index (χ1) is 12.6. The van der Waals surface area contributed by atoms with Crippen molar-refractivity contribution in [2.24, 2.45) is 0 Å². The number of likely N-dealkylation sites (N-methyl/N-ethyl adjacent to an activating group) is 1. The summed E-state index contributed by atoms with van der Waals surface area (Å²) in [6.45, 7) is 2.48.